The number of ether oxygens (including phenoxy) is 2. The van der Waals surface area contributed by atoms with Crippen LogP contribution in [0.15, 0.2) is 28.7 Å². The van der Waals surface area contributed by atoms with Gasteiger partial charge in [-0.15, -0.1) is 0 Å². The smallest absolute Gasteiger partial charge is 0.0950 e. The summed E-state index contributed by atoms with van der Waals surface area (Å²) < 4.78 is 12.6. The lowest BCUT2D eigenvalue weighted by molar-refractivity contribution is -0.0146. The molecule has 0 heterocycles. The fourth-order valence-electron chi connectivity index (χ4n) is 1.85. The SMILES string of the molecule is CC(C)OCCOC(CNC(C)(C)C)c1cccc(Br)c1. The second kappa shape index (κ2) is 8.89. The van der Waals surface area contributed by atoms with Gasteiger partial charge in [0.1, 0.15) is 0 Å². The number of hydrogen-bond acceptors (Lipinski definition) is 3. The predicted molar refractivity (Wildman–Crippen MR) is 91.7 cm³/mol. The van der Waals surface area contributed by atoms with Gasteiger partial charge in [0, 0.05) is 16.6 Å². The molecule has 1 unspecified atom stereocenters. The van der Waals surface area contributed by atoms with E-state index in [9.17, 15) is 0 Å². The molecule has 0 spiro atoms. The first-order valence-electron chi connectivity index (χ1n) is 7.51. The van der Waals surface area contributed by atoms with Crippen molar-refractivity contribution in [1.29, 1.82) is 0 Å². The third-order valence-corrected chi connectivity index (χ3v) is 3.39. The summed E-state index contributed by atoms with van der Waals surface area (Å²) in [6.07, 6.45) is 0.267. The van der Waals surface area contributed by atoms with Crippen molar-refractivity contribution in [1.82, 2.24) is 5.32 Å². The Morgan fingerprint density at radius 3 is 2.38 bits per heavy atom. The van der Waals surface area contributed by atoms with Crippen molar-refractivity contribution in [3.8, 4) is 0 Å². The molecule has 1 atom stereocenters. The van der Waals surface area contributed by atoms with Gasteiger partial charge in [0.25, 0.3) is 0 Å². The molecular formula is C17H28BrNO2. The lowest BCUT2D eigenvalue weighted by Crippen LogP contribution is -2.39. The summed E-state index contributed by atoms with van der Waals surface area (Å²) in [7, 11) is 0. The topological polar surface area (TPSA) is 30.5 Å². The van der Waals surface area contributed by atoms with Gasteiger partial charge in [-0.05, 0) is 52.3 Å². The number of benzene rings is 1. The molecule has 0 saturated heterocycles. The number of nitrogens with one attached hydrogen (secondary N) is 1. The molecule has 1 N–H and O–H groups in total. The van der Waals surface area contributed by atoms with Crippen LogP contribution < -0.4 is 5.32 Å². The van der Waals surface area contributed by atoms with E-state index in [0.717, 1.165) is 11.0 Å². The Morgan fingerprint density at radius 1 is 1.14 bits per heavy atom. The first kappa shape index (κ1) is 18.6. The third-order valence-electron chi connectivity index (χ3n) is 2.89. The molecule has 1 rings (SSSR count). The van der Waals surface area contributed by atoms with Crippen LogP contribution in [0.3, 0.4) is 0 Å². The Labute approximate surface area is 137 Å². The van der Waals surface area contributed by atoms with Crippen molar-refractivity contribution in [3.05, 3.63) is 34.3 Å². The summed E-state index contributed by atoms with van der Waals surface area (Å²) in [5.41, 5.74) is 1.24. The summed E-state index contributed by atoms with van der Waals surface area (Å²) in [4.78, 5) is 0. The Bertz CT molecular complexity index is 415. The zero-order valence-electron chi connectivity index (χ0n) is 13.8. The maximum atomic E-state index is 6.02. The van der Waals surface area contributed by atoms with Gasteiger partial charge in [-0.1, -0.05) is 28.1 Å². The van der Waals surface area contributed by atoms with Gasteiger partial charge in [-0.2, -0.15) is 0 Å². The number of hydrogen-bond donors (Lipinski definition) is 1. The van der Waals surface area contributed by atoms with Crippen LogP contribution in [0.25, 0.3) is 0 Å². The summed E-state index contributed by atoms with van der Waals surface area (Å²) >= 11 is 3.52. The largest absolute Gasteiger partial charge is 0.376 e. The second-order valence-corrected chi connectivity index (χ2v) is 7.38. The van der Waals surface area contributed by atoms with Crippen LogP contribution in [0.2, 0.25) is 0 Å². The second-order valence-electron chi connectivity index (χ2n) is 6.46. The molecular weight excluding hydrogens is 330 g/mol. The van der Waals surface area contributed by atoms with Crippen molar-refractivity contribution < 1.29 is 9.47 Å². The third kappa shape index (κ3) is 8.57. The highest BCUT2D eigenvalue weighted by Gasteiger charge is 2.16. The zero-order chi connectivity index (χ0) is 15.9. The number of rotatable bonds is 8. The van der Waals surface area contributed by atoms with Crippen molar-refractivity contribution in [2.75, 3.05) is 19.8 Å². The highest BCUT2D eigenvalue weighted by atomic mass is 79.9. The average Bonchev–Trinajstić information content (AvgIpc) is 2.36. The highest BCUT2D eigenvalue weighted by molar-refractivity contribution is 9.10. The van der Waals surface area contributed by atoms with Crippen molar-refractivity contribution in [2.45, 2.75) is 52.4 Å². The van der Waals surface area contributed by atoms with E-state index in [1.807, 2.05) is 26.0 Å². The highest BCUT2D eigenvalue weighted by Crippen LogP contribution is 2.21. The Morgan fingerprint density at radius 2 is 1.81 bits per heavy atom. The van der Waals surface area contributed by atoms with E-state index < -0.39 is 0 Å². The van der Waals surface area contributed by atoms with Crippen LogP contribution in [0, 0.1) is 0 Å². The maximum absolute atomic E-state index is 6.02. The van der Waals surface area contributed by atoms with Crippen LogP contribution in [0.5, 0.6) is 0 Å². The van der Waals surface area contributed by atoms with Crippen LogP contribution >= 0.6 is 15.9 Å². The molecule has 0 saturated carbocycles. The fourth-order valence-corrected chi connectivity index (χ4v) is 2.27. The lowest BCUT2D eigenvalue weighted by atomic mass is 10.1. The lowest BCUT2D eigenvalue weighted by Gasteiger charge is -2.26. The molecule has 0 aliphatic carbocycles. The molecule has 1 aromatic carbocycles. The summed E-state index contributed by atoms with van der Waals surface area (Å²) in [5, 5.41) is 3.51. The van der Waals surface area contributed by atoms with E-state index >= 15 is 0 Å². The van der Waals surface area contributed by atoms with Gasteiger partial charge >= 0.3 is 0 Å². The zero-order valence-corrected chi connectivity index (χ0v) is 15.4. The minimum Gasteiger partial charge on any atom is -0.376 e. The Hall–Kier alpha value is -0.420. The van der Waals surface area contributed by atoms with Crippen LogP contribution in [-0.4, -0.2) is 31.4 Å². The molecule has 1 aromatic rings. The normalized spacial score (nSPS) is 13.7. The predicted octanol–water partition coefficient (Wildman–Crippen LogP) is 4.32. The molecule has 0 aromatic heterocycles. The number of halogens is 1. The summed E-state index contributed by atoms with van der Waals surface area (Å²) in [6, 6.07) is 8.28. The van der Waals surface area contributed by atoms with Gasteiger partial charge in [0.05, 0.1) is 25.4 Å². The van der Waals surface area contributed by atoms with Crippen molar-refractivity contribution >= 4 is 15.9 Å². The average molecular weight is 358 g/mol. The maximum Gasteiger partial charge on any atom is 0.0950 e. The molecule has 0 radical (unpaired) electrons. The molecule has 0 amide bonds. The first-order valence-corrected chi connectivity index (χ1v) is 8.31. The molecule has 0 fully saturated rings. The minimum atomic E-state index is 0.0255. The van der Waals surface area contributed by atoms with Gasteiger partial charge < -0.3 is 14.8 Å². The van der Waals surface area contributed by atoms with Crippen molar-refractivity contribution in [2.24, 2.45) is 0 Å². The van der Waals surface area contributed by atoms with Crippen LogP contribution in [0.4, 0.5) is 0 Å². The Kier molecular flexibility index (Phi) is 7.88. The van der Waals surface area contributed by atoms with E-state index in [4.69, 9.17) is 9.47 Å². The molecule has 0 aliphatic rings. The van der Waals surface area contributed by atoms with E-state index in [-0.39, 0.29) is 17.7 Å². The quantitative estimate of drug-likeness (QED) is 0.702. The van der Waals surface area contributed by atoms with Crippen molar-refractivity contribution in [3.63, 3.8) is 0 Å². The van der Waals surface area contributed by atoms with Crippen LogP contribution in [0.1, 0.15) is 46.3 Å². The van der Waals surface area contributed by atoms with E-state index in [2.05, 4.69) is 54.2 Å². The van der Waals surface area contributed by atoms with Gasteiger partial charge in [0.15, 0.2) is 0 Å². The Balaban J connectivity index is 2.61. The van der Waals surface area contributed by atoms with Gasteiger partial charge in [0.2, 0.25) is 0 Å². The molecule has 4 heteroatoms. The minimum absolute atomic E-state index is 0.0255. The molecule has 0 aliphatic heterocycles. The van der Waals surface area contributed by atoms with E-state index in [1.165, 1.54) is 5.56 Å². The first-order chi connectivity index (χ1) is 9.78. The molecule has 120 valence electrons. The van der Waals surface area contributed by atoms with Gasteiger partial charge in [-0.25, -0.2) is 0 Å². The molecule has 0 bridgehead atoms. The van der Waals surface area contributed by atoms with Crippen LogP contribution in [-0.2, 0) is 9.47 Å². The standard InChI is InChI=1S/C17H28BrNO2/c1-13(2)20-9-10-21-16(12-19-17(3,4)5)14-7-6-8-15(18)11-14/h6-8,11,13,16,19H,9-10,12H2,1-5H3. The van der Waals surface area contributed by atoms with E-state index in [0.29, 0.717) is 13.2 Å². The molecule has 3 nitrogen and oxygen atoms in total. The molecule has 21 heavy (non-hydrogen) atoms. The van der Waals surface area contributed by atoms with E-state index in [1.54, 1.807) is 0 Å². The summed E-state index contributed by atoms with van der Waals surface area (Å²) in [6.45, 7) is 12.5. The summed E-state index contributed by atoms with van der Waals surface area (Å²) in [5.74, 6) is 0. The fraction of sp³-hybridized carbons (Fsp3) is 0.647. The monoisotopic (exact) mass is 357 g/mol. The van der Waals surface area contributed by atoms with Gasteiger partial charge in [-0.3, -0.25) is 0 Å².